The minimum Gasteiger partial charge on any atom is -0.466 e. The molecule has 0 aromatic heterocycles. The van der Waals surface area contributed by atoms with Crippen LogP contribution in [-0.2, 0) is 22.4 Å². The largest absolute Gasteiger partial charge is 0.466 e. The van der Waals surface area contributed by atoms with Gasteiger partial charge < -0.3 is 16.2 Å². The molecule has 0 fully saturated rings. The van der Waals surface area contributed by atoms with E-state index in [2.05, 4.69) is 0 Å². The molecule has 0 radical (unpaired) electrons. The Bertz CT molecular complexity index is 474. The Balaban J connectivity index is 2.28. The van der Waals surface area contributed by atoms with Gasteiger partial charge in [-0.1, -0.05) is 0 Å². The summed E-state index contributed by atoms with van der Waals surface area (Å²) in [7, 11) is 0. The van der Waals surface area contributed by atoms with Crippen LogP contribution in [0.25, 0.3) is 0 Å². The smallest absolute Gasteiger partial charge is 0.309 e. The number of esters is 1. The topological polar surface area (TPSA) is 78.3 Å². The SMILES string of the molecule is CCOC(=O)C1Cc2cc(N)c(N)c(F)c2C1. The van der Waals surface area contributed by atoms with E-state index in [9.17, 15) is 9.18 Å². The molecule has 92 valence electrons. The highest BCUT2D eigenvalue weighted by Crippen LogP contribution is 2.35. The molecule has 0 bridgehead atoms. The number of fused-ring (bicyclic) bond motifs is 1. The zero-order chi connectivity index (χ0) is 12.6. The minimum absolute atomic E-state index is 0.0340. The van der Waals surface area contributed by atoms with Crippen molar-refractivity contribution in [2.75, 3.05) is 18.1 Å². The van der Waals surface area contributed by atoms with Crippen molar-refractivity contribution in [3.63, 3.8) is 0 Å². The van der Waals surface area contributed by atoms with E-state index in [4.69, 9.17) is 16.2 Å². The average molecular weight is 238 g/mol. The number of hydrogen-bond donors (Lipinski definition) is 2. The van der Waals surface area contributed by atoms with E-state index in [-0.39, 0.29) is 23.3 Å². The molecule has 1 unspecified atom stereocenters. The van der Waals surface area contributed by atoms with E-state index in [1.165, 1.54) is 0 Å². The molecular formula is C12H15FN2O2. The quantitative estimate of drug-likeness (QED) is 0.600. The lowest BCUT2D eigenvalue weighted by Gasteiger charge is -2.07. The van der Waals surface area contributed by atoms with E-state index in [1.807, 2.05) is 0 Å². The zero-order valence-electron chi connectivity index (χ0n) is 9.63. The molecule has 0 aliphatic heterocycles. The van der Waals surface area contributed by atoms with Crippen molar-refractivity contribution >= 4 is 17.3 Å². The van der Waals surface area contributed by atoms with Crippen LogP contribution in [0.5, 0.6) is 0 Å². The second kappa shape index (κ2) is 4.24. The normalized spacial score (nSPS) is 17.9. The molecule has 0 spiro atoms. The van der Waals surface area contributed by atoms with Gasteiger partial charge in [-0.2, -0.15) is 0 Å². The summed E-state index contributed by atoms with van der Waals surface area (Å²) in [6.07, 6.45) is 0.806. The van der Waals surface area contributed by atoms with Crippen molar-refractivity contribution in [1.29, 1.82) is 0 Å². The van der Waals surface area contributed by atoms with Crippen LogP contribution in [0.3, 0.4) is 0 Å². The van der Waals surface area contributed by atoms with Gasteiger partial charge in [0.15, 0.2) is 5.82 Å². The summed E-state index contributed by atoms with van der Waals surface area (Å²) in [6, 6.07) is 1.65. The molecule has 4 nitrogen and oxygen atoms in total. The number of carbonyl (C=O) groups excluding carboxylic acids is 1. The molecule has 1 atom stereocenters. The van der Waals surface area contributed by atoms with E-state index in [0.717, 1.165) is 5.56 Å². The molecule has 2 rings (SSSR count). The van der Waals surface area contributed by atoms with Gasteiger partial charge in [0.2, 0.25) is 0 Å². The highest BCUT2D eigenvalue weighted by atomic mass is 19.1. The molecule has 0 heterocycles. The summed E-state index contributed by atoms with van der Waals surface area (Å²) in [5.74, 6) is -1.10. The van der Waals surface area contributed by atoms with E-state index < -0.39 is 5.82 Å². The first-order chi connectivity index (χ1) is 8.04. The lowest BCUT2D eigenvalue weighted by molar-refractivity contribution is -0.147. The van der Waals surface area contributed by atoms with E-state index >= 15 is 0 Å². The Morgan fingerprint density at radius 3 is 2.88 bits per heavy atom. The first kappa shape index (κ1) is 11.7. The van der Waals surface area contributed by atoms with Crippen molar-refractivity contribution in [3.8, 4) is 0 Å². The highest BCUT2D eigenvalue weighted by molar-refractivity contribution is 5.76. The predicted molar refractivity (Wildman–Crippen MR) is 62.8 cm³/mol. The number of nitrogen functional groups attached to an aromatic ring is 2. The average Bonchev–Trinajstić information content (AvgIpc) is 2.70. The maximum Gasteiger partial charge on any atom is 0.309 e. The van der Waals surface area contributed by atoms with Crippen LogP contribution in [0, 0.1) is 11.7 Å². The van der Waals surface area contributed by atoms with E-state index in [1.54, 1.807) is 13.0 Å². The van der Waals surface area contributed by atoms with Crippen LogP contribution < -0.4 is 11.5 Å². The van der Waals surface area contributed by atoms with Crippen LogP contribution in [0.2, 0.25) is 0 Å². The Kier molecular flexibility index (Phi) is 2.92. The van der Waals surface area contributed by atoms with Gasteiger partial charge in [0.1, 0.15) is 0 Å². The van der Waals surface area contributed by atoms with Gasteiger partial charge in [-0.05, 0) is 37.0 Å². The third-order valence-electron chi connectivity index (χ3n) is 3.07. The molecule has 0 amide bonds. The monoisotopic (exact) mass is 238 g/mol. The first-order valence-corrected chi connectivity index (χ1v) is 5.56. The lowest BCUT2D eigenvalue weighted by Crippen LogP contribution is -2.17. The van der Waals surface area contributed by atoms with Gasteiger partial charge in [-0.3, -0.25) is 4.79 Å². The first-order valence-electron chi connectivity index (χ1n) is 5.56. The van der Waals surface area contributed by atoms with Crippen molar-refractivity contribution in [2.45, 2.75) is 19.8 Å². The Morgan fingerprint density at radius 1 is 1.53 bits per heavy atom. The molecule has 1 aliphatic rings. The van der Waals surface area contributed by atoms with Crippen molar-refractivity contribution < 1.29 is 13.9 Å². The van der Waals surface area contributed by atoms with Gasteiger partial charge in [0.05, 0.1) is 23.9 Å². The van der Waals surface area contributed by atoms with Gasteiger partial charge in [-0.25, -0.2) is 4.39 Å². The fourth-order valence-corrected chi connectivity index (χ4v) is 2.20. The minimum atomic E-state index is -0.494. The highest BCUT2D eigenvalue weighted by Gasteiger charge is 2.31. The van der Waals surface area contributed by atoms with Gasteiger partial charge in [0.25, 0.3) is 0 Å². The summed E-state index contributed by atoms with van der Waals surface area (Å²) in [5, 5.41) is 0. The maximum absolute atomic E-state index is 13.8. The summed E-state index contributed by atoms with van der Waals surface area (Å²) in [5.41, 5.74) is 12.6. The molecule has 17 heavy (non-hydrogen) atoms. The third-order valence-corrected chi connectivity index (χ3v) is 3.07. The molecular weight excluding hydrogens is 223 g/mol. The van der Waals surface area contributed by atoms with Crippen LogP contribution in [0.15, 0.2) is 6.07 Å². The summed E-state index contributed by atoms with van der Waals surface area (Å²) in [4.78, 5) is 11.6. The summed E-state index contributed by atoms with van der Waals surface area (Å²) < 4.78 is 18.8. The van der Waals surface area contributed by atoms with E-state index in [0.29, 0.717) is 25.0 Å². The van der Waals surface area contributed by atoms with Crippen molar-refractivity contribution in [1.82, 2.24) is 0 Å². The van der Waals surface area contributed by atoms with Crippen molar-refractivity contribution in [2.24, 2.45) is 5.92 Å². The number of anilines is 2. The van der Waals surface area contributed by atoms with Gasteiger partial charge >= 0.3 is 5.97 Å². The predicted octanol–water partition coefficient (Wildman–Crippen LogP) is 1.27. The molecule has 1 aromatic carbocycles. The number of halogens is 1. The third kappa shape index (κ3) is 1.92. The molecule has 1 aromatic rings. The number of carbonyl (C=O) groups is 1. The van der Waals surface area contributed by atoms with Crippen LogP contribution in [0.4, 0.5) is 15.8 Å². The zero-order valence-corrected chi connectivity index (χ0v) is 9.63. The van der Waals surface area contributed by atoms with Crippen LogP contribution in [-0.4, -0.2) is 12.6 Å². The van der Waals surface area contributed by atoms with Crippen molar-refractivity contribution in [3.05, 3.63) is 23.0 Å². The standard InChI is InChI=1S/C12H15FN2O2/c1-2-17-12(16)7-3-6-5-9(14)11(15)10(13)8(6)4-7/h5,7H,2-4,14-15H2,1H3. The van der Waals surface area contributed by atoms with Crippen LogP contribution in [0.1, 0.15) is 18.1 Å². The summed E-state index contributed by atoms with van der Waals surface area (Å²) >= 11 is 0. The number of ether oxygens (including phenoxy) is 1. The Hall–Kier alpha value is -1.78. The summed E-state index contributed by atoms with van der Waals surface area (Å²) in [6.45, 7) is 2.08. The van der Waals surface area contributed by atoms with Gasteiger partial charge in [0, 0.05) is 0 Å². The maximum atomic E-state index is 13.8. The Labute approximate surface area is 98.7 Å². The second-order valence-electron chi connectivity index (χ2n) is 4.19. The molecule has 5 heteroatoms. The fourth-order valence-electron chi connectivity index (χ4n) is 2.20. The number of benzene rings is 1. The van der Waals surface area contributed by atoms with Crippen LogP contribution >= 0.6 is 0 Å². The number of rotatable bonds is 2. The molecule has 4 N–H and O–H groups in total. The molecule has 0 saturated carbocycles. The number of nitrogens with two attached hydrogens (primary N) is 2. The van der Waals surface area contributed by atoms with Gasteiger partial charge in [-0.15, -0.1) is 0 Å². The molecule has 0 saturated heterocycles. The fraction of sp³-hybridized carbons (Fsp3) is 0.417. The molecule has 1 aliphatic carbocycles. The Morgan fingerprint density at radius 2 is 2.24 bits per heavy atom. The lowest BCUT2D eigenvalue weighted by atomic mass is 10.1. The number of hydrogen-bond acceptors (Lipinski definition) is 4. The second-order valence-corrected chi connectivity index (χ2v) is 4.19.